The van der Waals surface area contributed by atoms with Crippen LogP contribution in [0.2, 0.25) is 0 Å². The zero-order chi connectivity index (χ0) is 13.3. The standard InChI is InChI=1S/C9H9F6NO/c10-8(11,12)2-4-16-3-1-6(5-16)7(17)9(13,14)15/h1,3,5,7,17H,2,4H2. The second-order valence-corrected chi connectivity index (χ2v) is 3.49. The Balaban J connectivity index is 2.66. The molecule has 1 rings (SSSR count). The fourth-order valence-corrected chi connectivity index (χ4v) is 1.21. The van der Waals surface area contributed by atoms with Crippen molar-refractivity contribution in [2.75, 3.05) is 0 Å². The summed E-state index contributed by atoms with van der Waals surface area (Å²) in [5, 5.41) is 8.84. The lowest BCUT2D eigenvalue weighted by molar-refractivity contribution is -0.206. The van der Waals surface area contributed by atoms with E-state index in [0.717, 1.165) is 23.0 Å². The maximum atomic E-state index is 12.1. The van der Waals surface area contributed by atoms with Crippen molar-refractivity contribution >= 4 is 0 Å². The molecule has 1 aromatic heterocycles. The third-order valence-electron chi connectivity index (χ3n) is 2.05. The summed E-state index contributed by atoms with van der Waals surface area (Å²) in [5.74, 6) is 0. The van der Waals surface area contributed by atoms with E-state index >= 15 is 0 Å². The summed E-state index contributed by atoms with van der Waals surface area (Å²) in [6.07, 6.45) is -11.1. The number of hydrogen-bond acceptors (Lipinski definition) is 1. The predicted molar refractivity (Wildman–Crippen MR) is 46.1 cm³/mol. The highest BCUT2D eigenvalue weighted by Gasteiger charge is 2.39. The van der Waals surface area contributed by atoms with Gasteiger partial charge in [0.1, 0.15) is 0 Å². The molecule has 0 radical (unpaired) electrons. The maximum Gasteiger partial charge on any atom is 0.418 e. The van der Waals surface area contributed by atoms with Crippen molar-refractivity contribution in [3.05, 3.63) is 24.0 Å². The first-order valence-corrected chi connectivity index (χ1v) is 4.57. The molecule has 1 aromatic rings. The molecule has 0 aromatic carbocycles. The molecule has 0 amide bonds. The largest absolute Gasteiger partial charge is 0.418 e. The lowest BCUT2D eigenvalue weighted by atomic mass is 10.2. The molecule has 1 N–H and O–H groups in total. The van der Waals surface area contributed by atoms with Gasteiger partial charge in [-0.25, -0.2) is 0 Å². The van der Waals surface area contributed by atoms with E-state index < -0.39 is 37.0 Å². The summed E-state index contributed by atoms with van der Waals surface area (Å²) >= 11 is 0. The number of rotatable bonds is 3. The maximum absolute atomic E-state index is 12.1. The molecule has 0 aliphatic rings. The zero-order valence-corrected chi connectivity index (χ0v) is 8.39. The van der Waals surface area contributed by atoms with Crippen LogP contribution < -0.4 is 0 Å². The lowest BCUT2D eigenvalue weighted by Gasteiger charge is -2.12. The smallest absolute Gasteiger partial charge is 0.379 e. The molecule has 8 heteroatoms. The van der Waals surface area contributed by atoms with Crippen molar-refractivity contribution in [2.24, 2.45) is 0 Å². The molecule has 0 bridgehead atoms. The molecular formula is C9H9F6NO. The van der Waals surface area contributed by atoms with E-state index in [2.05, 4.69) is 0 Å². The molecule has 17 heavy (non-hydrogen) atoms. The van der Waals surface area contributed by atoms with E-state index in [0.29, 0.717) is 0 Å². The van der Waals surface area contributed by atoms with Crippen molar-refractivity contribution in [2.45, 2.75) is 31.4 Å². The fourth-order valence-electron chi connectivity index (χ4n) is 1.21. The lowest BCUT2D eigenvalue weighted by Crippen LogP contribution is -2.19. The first-order valence-electron chi connectivity index (χ1n) is 4.57. The third kappa shape index (κ3) is 4.29. The number of halogens is 6. The van der Waals surface area contributed by atoms with Gasteiger partial charge in [0.2, 0.25) is 0 Å². The molecule has 98 valence electrons. The van der Waals surface area contributed by atoms with E-state index in [1.54, 1.807) is 0 Å². The van der Waals surface area contributed by atoms with Crippen LogP contribution in [0.3, 0.4) is 0 Å². The SMILES string of the molecule is OC(c1ccn(CCC(F)(F)F)c1)C(F)(F)F. The molecule has 1 atom stereocenters. The first kappa shape index (κ1) is 13.9. The number of aromatic nitrogens is 1. The molecule has 0 aliphatic carbocycles. The van der Waals surface area contributed by atoms with Gasteiger partial charge in [-0.3, -0.25) is 0 Å². The molecule has 0 fully saturated rings. The number of alkyl halides is 6. The number of aryl methyl sites for hydroxylation is 1. The normalized spacial score (nSPS) is 15.0. The van der Waals surface area contributed by atoms with Crippen molar-refractivity contribution in [1.29, 1.82) is 0 Å². The van der Waals surface area contributed by atoms with Crippen LogP contribution in [-0.2, 0) is 6.54 Å². The number of aliphatic hydroxyl groups is 1. The fraction of sp³-hybridized carbons (Fsp3) is 0.556. The molecule has 1 heterocycles. The van der Waals surface area contributed by atoms with Crippen molar-refractivity contribution in [1.82, 2.24) is 4.57 Å². The van der Waals surface area contributed by atoms with E-state index in [1.165, 1.54) is 0 Å². The van der Waals surface area contributed by atoms with Crippen LogP contribution in [0, 0.1) is 0 Å². The van der Waals surface area contributed by atoms with Gasteiger partial charge in [-0.2, -0.15) is 26.3 Å². The van der Waals surface area contributed by atoms with Crippen LogP contribution in [0.1, 0.15) is 18.1 Å². The summed E-state index contributed by atoms with van der Waals surface area (Å²) < 4.78 is 72.8. The Labute approximate surface area is 92.5 Å². The quantitative estimate of drug-likeness (QED) is 0.831. The van der Waals surface area contributed by atoms with Crippen LogP contribution in [0.4, 0.5) is 26.3 Å². The van der Waals surface area contributed by atoms with Crippen LogP contribution in [0.25, 0.3) is 0 Å². The Kier molecular flexibility index (Phi) is 3.75. The highest BCUT2D eigenvalue weighted by atomic mass is 19.4. The summed E-state index contributed by atoms with van der Waals surface area (Å²) in [6.45, 7) is -0.478. The van der Waals surface area contributed by atoms with E-state index in [9.17, 15) is 26.3 Å². The topological polar surface area (TPSA) is 25.2 Å². The first-order chi connectivity index (χ1) is 7.59. The Bertz CT molecular complexity index is 366. The minimum absolute atomic E-state index is 0.473. The average molecular weight is 261 g/mol. The summed E-state index contributed by atoms with van der Waals surface area (Å²) in [6, 6.07) is 0.939. The number of aliphatic hydroxyl groups excluding tert-OH is 1. The highest BCUT2D eigenvalue weighted by molar-refractivity contribution is 5.15. The van der Waals surface area contributed by atoms with Gasteiger partial charge in [-0.05, 0) is 6.07 Å². The highest BCUT2D eigenvalue weighted by Crippen LogP contribution is 2.32. The second-order valence-electron chi connectivity index (χ2n) is 3.49. The molecular weight excluding hydrogens is 252 g/mol. The molecule has 0 saturated heterocycles. The monoisotopic (exact) mass is 261 g/mol. The number of nitrogens with zero attached hydrogens (tertiary/aromatic N) is 1. The van der Waals surface area contributed by atoms with Gasteiger partial charge in [-0.15, -0.1) is 0 Å². The van der Waals surface area contributed by atoms with E-state index in [-0.39, 0.29) is 0 Å². The van der Waals surface area contributed by atoms with Crippen LogP contribution in [0.5, 0.6) is 0 Å². The predicted octanol–water partition coefficient (Wildman–Crippen LogP) is 3.04. The van der Waals surface area contributed by atoms with Gasteiger partial charge in [0.25, 0.3) is 0 Å². The van der Waals surface area contributed by atoms with Gasteiger partial charge in [-0.1, -0.05) is 0 Å². The Hall–Kier alpha value is -1.18. The molecule has 0 saturated carbocycles. The van der Waals surface area contributed by atoms with E-state index in [1.807, 2.05) is 0 Å². The Morgan fingerprint density at radius 3 is 2.24 bits per heavy atom. The second kappa shape index (κ2) is 4.59. The number of hydrogen-bond donors (Lipinski definition) is 1. The molecule has 1 unspecified atom stereocenters. The minimum atomic E-state index is -4.82. The van der Waals surface area contributed by atoms with Crippen molar-refractivity contribution in [3.63, 3.8) is 0 Å². The van der Waals surface area contributed by atoms with Crippen LogP contribution >= 0.6 is 0 Å². The summed E-state index contributed by atoms with van der Waals surface area (Å²) in [7, 11) is 0. The van der Waals surface area contributed by atoms with Gasteiger partial charge in [0, 0.05) is 24.5 Å². The van der Waals surface area contributed by atoms with Gasteiger partial charge >= 0.3 is 12.4 Å². The summed E-state index contributed by atoms with van der Waals surface area (Å²) in [4.78, 5) is 0. The molecule has 2 nitrogen and oxygen atoms in total. The van der Waals surface area contributed by atoms with Gasteiger partial charge in [0.15, 0.2) is 6.10 Å². The Morgan fingerprint density at radius 1 is 1.18 bits per heavy atom. The van der Waals surface area contributed by atoms with Crippen molar-refractivity contribution < 1.29 is 31.4 Å². The molecule has 0 spiro atoms. The van der Waals surface area contributed by atoms with Crippen LogP contribution in [0.15, 0.2) is 18.5 Å². The van der Waals surface area contributed by atoms with Gasteiger partial charge in [0.05, 0.1) is 6.42 Å². The van der Waals surface area contributed by atoms with Crippen LogP contribution in [-0.4, -0.2) is 22.0 Å². The van der Waals surface area contributed by atoms with Crippen molar-refractivity contribution in [3.8, 4) is 0 Å². The zero-order valence-electron chi connectivity index (χ0n) is 8.39. The minimum Gasteiger partial charge on any atom is -0.379 e. The van der Waals surface area contributed by atoms with Gasteiger partial charge < -0.3 is 9.67 Å². The molecule has 0 aliphatic heterocycles. The average Bonchev–Trinajstić information content (AvgIpc) is 2.59. The third-order valence-corrected chi connectivity index (χ3v) is 2.05. The Morgan fingerprint density at radius 2 is 1.76 bits per heavy atom. The summed E-state index contributed by atoms with van der Waals surface area (Å²) in [5.41, 5.74) is -0.473. The van der Waals surface area contributed by atoms with E-state index in [4.69, 9.17) is 5.11 Å².